The van der Waals surface area contributed by atoms with Crippen molar-refractivity contribution in [2.75, 3.05) is 5.73 Å². The Balaban J connectivity index is 3.00. The van der Waals surface area contributed by atoms with Gasteiger partial charge in [-0.2, -0.15) is 0 Å². The fourth-order valence-corrected chi connectivity index (χ4v) is 0.930. The minimum atomic E-state index is -0.659. The lowest BCUT2D eigenvalue weighted by Gasteiger charge is -2.06. The number of rotatable bonds is 2. The van der Waals surface area contributed by atoms with Gasteiger partial charge in [0.05, 0.1) is 6.10 Å². The van der Waals surface area contributed by atoms with Crippen LogP contribution in [-0.2, 0) is 4.74 Å². The number of carbonyl (C=O) groups is 1. The average molecular weight is 196 g/mol. The molecule has 1 aromatic rings. The summed E-state index contributed by atoms with van der Waals surface area (Å²) in [5.74, 6) is -0.659. The molecule has 0 aliphatic heterocycles. The Kier molecular flexibility index (Phi) is 2.91. The standard InChI is InChI=1S/C9H12N2O3/c1-5(2)14-9(13)7-3-6(10)4-11-8(7)12/h3-5H,10H2,1-2H3,(H,11,12). The van der Waals surface area contributed by atoms with Crippen molar-refractivity contribution >= 4 is 11.7 Å². The zero-order valence-corrected chi connectivity index (χ0v) is 8.03. The Labute approximate surface area is 80.9 Å². The molecule has 0 aromatic carbocycles. The molecule has 0 fully saturated rings. The second kappa shape index (κ2) is 3.95. The molecule has 3 N–H and O–H groups in total. The topological polar surface area (TPSA) is 85.2 Å². The molecule has 0 spiro atoms. The van der Waals surface area contributed by atoms with Crippen LogP contribution in [0.2, 0.25) is 0 Å². The van der Waals surface area contributed by atoms with Gasteiger partial charge in [-0.05, 0) is 19.9 Å². The second-order valence-electron chi connectivity index (χ2n) is 3.13. The number of nitrogens with two attached hydrogens (primary N) is 1. The molecule has 0 atom stereocenters. The van der Waals surface area contributed by atoms with Gasteiger partial charge in [0.25, 0.3) is 5.56 Å². The monoisotopic (exact) mass is 196 g/mol. The van der Waals surface area contributed by atoms with Crippen LogP contribution in [0.25, 0.3) is 0 Å². The lowest BCUT2D eigenvalue weighted by molar-refractivity contribution is 0.0376. The van der Waals surface area contributed by atoms with Crippen LogP contribution in [0.1, 0.15) is 24.2 Å². The van der Waals surface area contributed by atoms with E-state index in [1.54, 1.807) is 13.8 Å². The molecule has 1 rings (SSSR count). The van der Waals surface area contributed by atoms with Gasteiger partial charge in [0, 0.05) is 11.9 Å². The van der Waals surface area contributed by atoms with Gasteiger partial charge in [-0.15, -0.1) is 0 Å². The smallest absolute Gasteiger partial charge is 0.344 e. The van der Waals surface area contributed by atoms with Gasteiger partial charge in [-0.3, -0.25) is 4.79 Å². The van der Waals surface area contributed by atoms with Gasteiger partial charge < -0.3 is 15.5 Å². The molecule has 0 unspecified atom stereocenters. The highest BCUT2D eigenvalue weighted by Gasteiger charge is 2.13. The van der Waals surface area contributed by atoms with Crippen LogP contribution in [0.3, 0.4) is 0 Å². The number of anilines is 1. The molecule has 0 amide bonds. The fourth-order valence-electron chi connectivity index (χ4n) is 0.930. The summed E-state index contributed by atoms with van der Waals surface area (Å²) in [5.41, 5.74) is 5.17. The molecule has 76 valence electrons. The SMILES string of the molecule is CC(C)OC(=O)c1cc(N)c[nH]c1=O. The highest BCUT2D eigenvalue weighted by atomic mass is 16.5. The Morgan fingerprint density at radius 1 is 1.57 bits per heavy atom. The molecular formula is C9H12N2O3. The minimum Gasteiger partial charge on any atom is -0.459 e. The van der Waals surface area contributed by atoms with Crippen LogP contribution in [0.4, 0.5) is 5.69 Å². The van der Waals surface area contributed by atoms with Gasteiger partial charge in [-0.1, -0.05) is 0 Å². The third-order valence-electron chi connectivity index (χ3n) is 1.49. The first-order valence-corrected chi connectivity index (χ1v) is 4.20. The number of pyridine rings is 1. The number of aromatic nitrogens is 1. The predicted octanol–water partition coefficient (Wildman–Crippen LogP) is 0.522. The number of aromatic amines is 1. The molecule has 1 heterocycles. The number of carbonyl (C=O) groups excluding carboxylic acids is 1. The molecule has 0 saturated heterocycles. The van der Waals surface area contributed by atoms with E-state index in [1.807, 2.05) is 0 Å². The summed E-state index contributed by atoms with van der Waals surface area (Å²) in [6.07, 6.45) is 1.07. The molecule has 14 heavy (non-hydrogen) atoms. The van der Waals surface area contributed by atoms with Crippen molar-refractivity contribution in [1.29, 1.82) is 0 Å². The Hall–Kier alpha value is -1.78. The summed E-state index contributed by atoms with van der Waals surface area (Å²) >= 11 is 0. The molecule has 0 aliphatic rings. The van der Waals surface area contributed by atoms with E-state index in [1.165, 1.54) is 12.3 Å². The highest BCUT2D eigenvalue weighted by Crippen LogP contribution is 2.02. The molecule has 0 saturated carbocycles. The van der Waals surface area contributed by atoms with E-state index in [9.17, 15) is 9.59 Å². The van der Waals surface area contributed by atoms with Gasteiger partial charge in [-0.25, -0.2) is 4.79 Å². The third kappa shape index (κ3) is 2.35. The van der Waals surface area contributed by atoms with Crippen molar-refractivity contribution in [3.8, 4) is 0 Å². The number of esters is 1. The Bertz CT molecular complexity index is 395. The maximum Gasteiger partial charge on any atom is 0.344 e. The van der Waals surface area contributed by atoms with E-state index >= 15 is 0 Å². The molecule has 0 radical (unpaired) electrons. The van der Waals surface area contributed by atoms with E-state index in [0.29, 0.717) is 5.69 Å². The summed E-state index contributed by atoms with van der Waals surface area (Å²) in [4.78, 5) is 24.9. The van der Waals surface area contributed by atoms with Crippen LogP contribution in [0.5, 0.6) is 0 Å². The normalized spacial score (nSPS) is 10.2. The number of hydrogen-bond acceptors (Lipinski definition) is 4. The first-order chi connectivity index (χ1) is 6.50. The molecule has 5 nitrogen and oxygen atoms in total. The molecule has 0 aliphatic carbocycles. The predicted molar refractivity (Wildman–Crippen MR) is 52.0 cm³/mol. The molecular weight excluding hydrogens is 184 g/mol. The van der Waals surface area contributed by atoms with Crippen LogP contribution < -0.4 is 11.3 Å². The zero-order chi connectivity index (χ0) is 10.7. The second-order valence-corrected chi connectivity index (χ2v) is 3.13. The van der Waals surface area contributed by atoms with E-state index in [0.717, 1.165) is 0 Å². The van der Waals surface area contributed by atoms with Crippen LogP contribution in [-0.4, -0.2) is 17.1 Å². The van der Waals surface area contributed by atoms with E-state index < -0.39 is 11.5 Å². The summed E-state index contributed by atoms with van der Waals surface area (Å²) < 4.78 is 4.86. The fraction of sp³-hybridized carbons (Fsp3) is 0.333. The van der Waals surface area contributed by atoms with Crippen molar-refractivity contribution in [3.05, 3.63) is 28.2 Å². The number of ether oxygens (including phenoxy) is 1. The van der Waals surface area contributed by atoms with Crippen molar-refractivity contribution in [1.82, 2.24) is 4.98 Å². The van der Waals surface area contributed by atoms with Gasteiger partial charge in [0.15, 0.2) is 0 Å². The first-order valence-electron chi connectivity index (χ1n) is 4.20. The molecule has 0 bridgehead atoms. The lowest BCUT2D eigenvalue weighted by atomic mass is 10.2. The van der Waals surface area contributed by atoms with E-state index in [-0.39, 0.29) is 11.7 Å². The van der Waals surface area contributed by atoms with E-state index in [4.69, 9.17) is 10.5 Å². The van der Waals surface area contributed by atoms with Crippen molar-refractivity contribution < 1.29 is 9.53 Å². The zero-order valence-electron chi connectivity index (χ0n) is 8.03. The van der Waals surface area contributed by atoms with Gasteiger partial charge in [0.2, 0.25) is 0 Å². The average Bonchev–Trinajstić information content (AvgIpc) is 2.08. The van der Waals surface area contributed by atoms with E-state index in [2.05, 4.69) is 4.98 Å². The van der Waals surface area contributed by atoms with Gasteiger partial charge in [0.1, 0.15) is 5.56 Å². The summed E-state index contributed by atoms with van der Waals surface area (Å²) in [6, 6.07) is 1.30. The summed E-state index contributed by atoms with van der Waals surface area (Å²) in [5, 5.41) is 0. The largest absolute Gasteiger partial charge is 0.459 e. The van der Waals surface area contributed by atoms with Crippen molar-refractivity contribution in [2.45, 2.75) is 20.0 Å². The quantitative estimate of drug-likeness (QED) is 0.675. The minimum absolute atomic E-state index is 0.0706. The number of hydrogen-bond donors (Lipinski definition) is 2. The lowest BCUT2D eigenvalue weighted by Crippen LogP contribution is -2.21. The third-order valence-corrected chi connectivity index (χ3v) is 1.49. The maximum atomic E-state index is 11.3. The Morgan fingerprint density at radius 3 is 2.79 bits per heavy atom. The molecule has 1 aromatic heterocycles. The van der Waals surface area contributed by atoms with Crippen molar-refractivity contribution in [3.63, 3.8) is 0 Å². The highest BCUT2D eigenvalue weighted by molar-refractivity contribution is 5.89. The number of H-pyrrole nitrogens is 1. The van der Waals surface area contributed by atoms with Gasteiger partial charge >= 0.3 is 5.97 Å². The summed E-state index contributed by atoms with van der Waals surface area (Å²) in [7, 11) is 0. The number of nitrogen functional groups attached to an aromatic ring is 1. The maximum absolute atomic E-state index is 11.3. The van der Waals surface area contributed by atoms with Crippen LogP contribution >= 0.6 is 0 Å². The Morgan fingerprint density at radius 2 is 2.21 bits per heavy atom. The van der Waals surface area contributed by atoms with Crippen LogP contribution in [0.15, 0.2) is 17.1 Å². The number of nitrogens with one attached hydrogen (secondary N) is 1. The summed E-state index contributed by atoms with van der Waals surface area (Å²) in [6.45, 7) is 3.41. The van der Waals surface area contributed by atoms with Crippen molar-refractivity contribution in [2.24, 2.45) is 0 Å². The van der Waals surface area contributed by atoms with Crippen LogP contribution in [0, 0.1) is 0 Å². The first kappa shape index (κ1) is 10.3. The molecule has 5 heteroatoms.